The van der Waals surface area contributed by atoms with Crippen LogP contribution in [-0.4, -0.2) is 28.5 Å². The molecule has 2 aromatic rings. The van der Waals surface area contributed by atoms with E-state index in [0.29, 0.717) is 6.54 Å². The first kappa shape index (κ1) is 19.1. The number of nitrogens with one attached hydrogen (secondary N) is 1. The van der Waals surface area contributed by atoms with Gasteiger partial charge in [-0.25, -0.2) is 5.43 Å². The molecule has 2 aromatic carbocycles. The van der Waals surface area contributed by atoms with Gasteiger partial charge in [-0.15, -0.1) is 0 Å². The zero-order valence-corrected chi connectivity index (χ0v) is 16.0. The zero-order chi connectivity index (χ0) is 19.4. The van der Waals surface area contributed by atoms with Crippen LogP contribution in [0.15, 0.2) is 60.7 Å². The quantitative estimate of drug-likeness (QED) is 0.843. The Labute approximate surface area is 160 Å². The van der Waals surface area contributed by atoms with Crippen molar-refractivity contribution in [2.75, 3.05) is 0 Å². The van der Waals surface area contributed by atoms with Crippen LogP contribution in [0.3, 0.4) is 0 Å². The molecule has 0 bridgehead atoms. The average Bonchev–Trinajstić information content (AvgIpc) is 2.63. The van der Waals surface area contributed by atoms with Crippen LogP contribution in [0.4, 0.5) is 0 Å². The molecule has 1 fully saturated rings. The third kappa shape index (κ3) is 4.95. The van der Waals surface area contributed by atoms with Gasteiger partial charge in [0.05, 0.1) is 6.54 Å². The van der Waals surface area contributed by atoms with Crippen LogP contribution in [0, 0.1) is 0 Å². The van der Waals surface area contributed by atoms with Crippen LogP contribution in [0.25, 0.3) is 0 Å². The number of hydrazine groups is 1. The second-order valence-electron chi connectivity index (χ2n) is 7.83. The smallest absolute Gasteiger partial charge is 0.326 e. The highest BCUT2D eigenvalue weighted by Crippen LogP contribution is 2.30. The number of rotatable bonds is 4. The molecule has 5 heteroatoms. The fourth-order valence-corrected chi connectivity index (χ4v) is 3.24. The summed E-state index contributed by atoms with van der Waals surface area (Å²) < 4.78 is 5.62. The van der Waals surface area contributed by atoms with Crippen LogP contribution in [0.2, 0.25) is 0 Å². The number of hydrogen-bond donors (Lipinski definition) is 1. The van der Waals surface area contributed by atoms with Crippen molar-refractivity contribution >= 4 is 11.9 Å². The lowest BCUT2D eigenvalue weighted by atomic mass is 9.86. The van der Waals surface area contributed by atoms with Crippen molar-refractivity contribution in [3.05, 3.63) is 71.8 Å². The fourth-order valence-electron chi connectivity index (χ4n) is 3.24. The van der Waals surface area contributed by atoms with E-state index in [-0.39, 0.29) is 24.2 Å². The van der Waals surface area contributed by atoms with Crippen molar-refractivity contribution in [3.8, 4) is 0 Å². The van der Waals surface area contributed by atoms with Gasteiger partial charge >= 0.3 is 5.97 Å². The molecular weight excluding hydrogens is 340 g/mol. The largest absolute Gasteiger partial charge is 0.459 e. The van der Waals surface area contributed by atoms with Crippen molar-refractivity contribution < 1.29 is 14.3 Å². The topological polar surface area (TPSA) is 58.6 Å². The number of hydrogen-bond acceptors (Lipinski definition) is 4. The summed E-state index contributed by atoms with van der Waals surface area (Å²) >= 11 is 0. The first-order valence-corrected chi connectivity index (χ1v) is 9.22. The molecule has 1 N–H and O–H groups in total. The third-order valence-corrected chi connectivity index (χ3v) is 4.46. The maximum atomic E-state index is 12.9. The Morgan fingerprint density at radius 1 is 1.07 bits per heavy atom. The number of carbonyl (C=O) groups excluding carboxylic acids is 2. The molecule has 0 saturated carbocycles. The lowest BCUT2D eigenvalue weighted by molar-refractivity contribution is -0.164. The molecule has 1 heterocycles. The number of carbonyl (C=O) groups is 2. The van der Waals surface area contributed by atoms with Gasteiger partial charge in [0.15, 0.2) is 0 Å². The Morgan fingerprint density at radius 2 is 1.67 bits per heavy atom. The lowest BCUT2D eigenvalue weighted by Gasteiger charge is -2.39. The predicted octanol–water partition coefficient (Wildman–Crippen LogP) is 3.42. The molecule has 3 rings (SSSR count). The summed E-state index contributed by atoms with van der Waals surface area (Å²) in [7, 11) is 0. The standard InChI is InChI=1S/C22H26N2O3/c1-22(2,3)27-21(26)20-18(17-12-8-5-9-13-17)14-19(25)24(23-20)15-16-10-6-4-7-11-16/h4-13,18,20,23H,14-15H2,1-3H3/t18-,20-/m0/s1. The fraction of sp³-hybridized carbons (Fsp3) is 0.364. The molecule has 0 spiro atoms. The molecule has 1 saturated heterocycles. The number of amides is 1. The van der Waals surface area contributed by atoms with Gasteiger partial charge in [0.2, 0.25) is 5.91 Å². The van der Waals surface area contributed by atoms with E-state index in [1.165, 1.54) is 5.01 Å². The van der Waals surface area contributed by atoms with Gasteiger partial charge in [-0.1, -0.05) is 60.7 Å². The Bertz CT molecular complexity index is 784. The first-order valence-electron chi connectivity index (χ1n) is 9.22. The summed E-state index contributed by atoms with van der Waals surface area (Å²) in [6.45, 7) is 5.94. The van der Waals surface area contributed by atoms with Crippen molar-refractivity contribution in [1.29, 1.82) is 0 Å². The number of ether oxygens (including phenoxy) is 1. The van der Waals surface area contributed by atoms with Crippen molar-refractivity contribution in [1.82, 2.24) is 10.4 Å². The Hall–Kier alpha value is -2.66. The molecular formula is C22H26N2O3. The van der Waals surface area contributed by atoms with Crippen molar-refractivity contribution in [3.63, 3.8) is 0 Å². The molecule has 5 nitrogen and oxygen atoms in total. The highest BCUT2D eigenvalue weighted by molar-refractivity contribution is 5.84. The highest BCUT2D eigenvalue weighted by Gasteiger charge is 2.40. The predicted molar refractivity (Wildman–Crippen MR) is 104 cm³/mol. The normalized spacial score (nSPS) is 20.4. The zero-order valence-electron chi connectivity index (χ0n) is 16.0. The monoisotopic (exact) mass is 366 g/mol. The van der Waals surface area contributed by atoms with Gasteiger partial charge in [-0.05, 0) is 31.9 Å². The van der Waals surface area contributed by atoms with Gasteiger partial charge in [-0.2, -0.15) is 0 Å². The second kappa shape index (κ2) is 7.92. The van der Waals surface area contributed by atoms with Gasteiger partial charge in [0.1, 0.15) is 11.6 Å². The van der Waals surface area contributed by atoms with E-state index in [1.54, 1.807) is 0 Å². The molecule has 0 aliphatic carbocycles. The van der Waals surface area contributed by atoms with Crippen LogP contribution in [0.5, 0.6) is 0 Å². The molecule has 1 aliphatic rings. The number of esters is 1. The molecule has 0 unspecified atom stereocenters. The van der Waals surface area contributed by atoms with E-state index in [1.807, 2.05) is 81.4 Å². The molecule has 0 radical (unpaired) electrons. The minimum absolute atomic E-state index is 0.0347. The summed E-state index contributed by atoms with van der Waals surface area (Å²) in [5, 5.41) is 1.53. The van der Waals surface area contributed by atoms with Gasteiger partial charge in [0, 0.05) is 12.3 Å². The van der Waals surface area contributed by atoms with E-state index >= 15 is 0 Å². The second-order valence-corrected chi connectivity index (χ2v) is 7.83. The summed E-state index contributed by atoms with van der Waals surface area (Å²) in [5.41, 5.74) is 4.49. The minimum Gasteiger partial charge on any atom is -0.459 e. The van der Waals surface area contributed by atoms with Crippen molar-refractivity contribution in [2.45, 2.75) is 51.3 Å². The summed E-state index contributed by atoms with van der Waals surface area (Å²) in [5.74, 6) is -0.644. The molecule has 27 heavy (non-hydrogen) atoms. The van der Waals surface area contributed by atoms with Crippen LogP contribution >= 0.6 is 0 Å². The lowest BCUT2D eigenvalue weighted by Crippen LogP contribution is -2.59. The van der Waals surface area contributed by atoms with Gasteiger partial charge in [0.25, 0.3) is 0 Å². The van der Waals surface area contributed by atoms with E-state index in [2.05, 4.69) is 5.43 Å². The van der Waals surface area contributed by atoms with Crippen LogP contribution < -0.4 is 5.43 Å². The van der Waals surface area contributed by atoms with E-state index in [9.17, 15) is 9.59 Å². The Kier molecular flexibility index (Phi) is 5.61. The Balaban J connectivity index is 1.85. The average molecular weight is 366 g/mol. The van der Waals surface area contributed by atoms with E-state index in [4.69, 9.17) is 4.74 Å². The number of nitrogens with zero attached hydrogens (tertiary/aromatic N) is 1. The van der Waals surface area contributed by atoms with Crippen LogP contribution in [0.1, 0.15) is 44.2 Å². The molecule has 2 atom stereocenters. The Morgan fingerprint density at radius 3 is 2.26 bits per heavy atom. The molecule has 1 aliphatic heterocycles. The third-order valence-electron chi connectivity index (χ3n) is 4.46. The molecule has 0 aromatic heterocycles. The van der Waals surface area contributed by atoms with Gasteiger partial charge < -0.3 is 4.74 Å². The summed E-state index contributed by atoms with van der Waals surface area (Å²) in [4.78, 5) is 25.6. The van der Waals surface area contributed by atoms with E-state index in [0.717, 1.165) is 11.1 Å². The minimum atomic E-state index is -0.618. The first-order chi connectivity index (χ1) is 12.8. The number of benzene rings is 2. The summed E-state index contributed by atoms with van der Waals surface area (Å²) in [6, 6.07) is 18.8. The van der Waals surface area contributed by atoms with E-state index < -0.39 is 11.6 Å². The highest BCUT2D eigenvalue weighted by atomic mass is 16.6. The summed E-state index contributed by atoms with van der Waals surface area (Å²) in [6.07, 6.45) is 0.258. The van der Waals surface area contributed by atoms with Gasteiger partial charge in [-0.3, -0.25) is 14.6 Å². The molecule has 1 amide bonds. The van der Waals surface area contributed by atoms with Crippen LogP contribution in [-0.2, 0) is 20.9 Å². The van der Waals surface area contributed by atoms with Crippen molar-refractivity contribution in [2.24, 2.45) is 0 Å². The SMILES string of the molecule is CC(C)(C)OC(=O)[C@H]1NN(Cc2ccccc2)C(=O)C[C@H]1c1ccccc1. The maximum Gasteiger partial charge on any atom is 0.326 e. The molecule has 142 valence electrons. The maximum absolute atomic E-state index is 12.9.